The lowest BCUT2D eigenvalue weighted by Crippen LogP contribution is -2.51. The quantitative estimate of drug-likeness (QED) is 0.870. The van der Waals surface area contributed by atoms with E-state index in [4.69, 9.17) is 4.74 Å². The molecule has 0 spiro atoms. The van der Waals surface area contributed by atoms with E-state index in [1.165, 1.54) is 25.9 Å². The van der Waals surface area contributed by atoms with Gasteiger partial charge in [0.15, 0.2) is 0 Å². The Kier molecular flexibility index (Phi) is 4.71. The first-order chi connectivity index (χ1) is 13.7. The van der Waals surface area contributed by atoms with Crippen LogP contribution in [0.25, 0.3) is 5.52 Å². The number of hydrogen-bond acceptors (Lipinski definition) is 6. The van der Waals surface area contributed by atoms with Gasteiger partial charge in [-0.1, -0.05) is 0 Å². The Morgan fingerprint density at radius 2 is 2.18 bits per heavy atom. The summed E-state index contributed by atoms with van der Waals surface area (Å²) >= 11 is 0. The van der Waals surface area contributed by atoms with Gasteiger partial charge in [-0.3, -0.25) is 4.90 Å². The van der Waals surface area contributed by atoms with Crippen LogP contribution < -0.4 is 10.2 Å². The molecule has 5 heterocycles. The van der Waals surface area contributed by atoms with Crippen LogP contribution in [-0.2, 0) is 4.74 Å². The number of rotatable bonds is 3. The first kappa shape index (κ1) is 17.9. The largest absolute Gasteiger partial charge is 0.370 e. The molecular formula is C21H28N6O. The van der Waals surface area contributed by atoms with Crippen molar-refractivity contribution in [3.8, 4) is 6.07 Å². The molecule has 5 rings (SSSR count). The van der Waals surface area contributed by atoms with Gasteiger partial charge in [0.05, 0.1) is 29.6 Å². The third-order valence-corrected chi connectivity index (χ3v) is 6.45. The van der Waals surface area contributed by atoms with Crippen LogP contribution >= 0.6 is 0 Å². The lowest BCUT2D eigenvalue weighted by molar-refractivity contribution is -0.0298. The summed E-state index contributed by atoms with van der Waals surface area (Å²) in [6.45, 7) is 8.37. The maximum Gasteiger partial charge on any atom is 0.142 e. The molecule has 0 aliphatic carbocycles. The van der Waals surface area contributed by atoms with Crippen molar-refractivity contribution in [1.29, 1.82) is 5.26 Å². The van der Waals surface area contributed by atoms with Crippen molar-refractivity contribution in [1.82, 2.24) is 19.8 Å². The first-order valence-corrected chi connectivity index (χ1v) is 10.4. The van der Waals surface area contributed by atoms with E-state index in [2.05, 4.69) is 39.3 Å². The van der Waals surface area contributed by atoms with Crippen molar-refractivity contribution in [2.75, 3.05) is 44.2 Å². The number of pyridine rings is 1. The minimum Gasteiger partial charge on any atom is -0.370 e. The molecular weight excluding hydrogens is 352 g/mol. The fourth-order valence-electron chi connectivity index (χ4n) is 5.27. The molecule has 0 saturated carbocycles. The molecule has 3 saturated heterocycles. The fourth-order valence-corrected chi connectivity index (χ4v) is 5.27. The molecule has 0 bridgehead atoms. The molecule has 7 nitrogen and oxygen atoms in total. The number of nitriles is 1. The highest BCUT2D eigenvalue weighted by Gasteiger charge is 2.36. The molecule has 148 valence electrons. The molecule has 1 N–H and O–H groups in total. The van der Waals surface area contributed by atoms with Gasteiger partial charge < -0.3 is 15.0 Å². The lowest BCUT2D eigenvalue weighted by atomic mass is 9.94. The van der Waals surface area contributed by atoms with E-state index in [9.17, 15) is 5.26 Å². The average Bonchev–Trinajstić information content (AvgIpc) is 3.33. The number of hydrogen-bond donors (Lipinski definition) is 1. The number of likely N-dealkylation sites (tertiary alicyclic amines) is 1. The van der Waals surface area contributed by atoms with Crippen LogP contribution in [0.4, 0.5) is 5.69 Å². The van der Waals surface area contributed by atoms with E-state index in [1.807, 2.05) is 12.1 Å². The zero-order valence-corrected chi connectivity index (χ0v) is 16.4. The number of anilines is 1. The summed E-state index contributed by atoms with van der Waals surface area (Å²) in [6.07, 6.45) is 4.80. The number of nitrogens with zero attached hydrogens (tertiary/aromatic N) is 5. The maximum atomic E-state index is 9.33. The second-order valence-electron chi connectivity index (χ2n) is 8.50. The van der Waals surface area contributed by atoms with Gasteiger partial charge in [0.1, 0.15) is 11.8 Å². The van der Waals surface area contributed by atoms with E-state index in [1.54, 1.807) is 10.7 Å². The maximum absolute atomic E-state index is 9.33. The summed E-state index contributed by atoms with van der Waals surface area (Å²) in [4.78, 5) is 4.99. The Hall–Kier alpha value is -2.14. The molecule has 2 aromatic rings. The minimum absolute atomic E-state index is 0.181. The number of ether oxygens (including phenoxy) is 1. The van der Waals surface area contributed by atoms with Crippen molar-refractivity contribution in [2.24, 2.45) is 5.92 Å². The second kappa shape index (κ2) is 7.36. The molecule has 28 heavy (non-hydrogen) atoms. The molecule has 2 unspecified atom stereocenters. The summed E-state index contributed by atoms with van der Waals surface area (Å²) in [5.41, 5.74) is 2.69. The number of nitrogens with one attached hydrogen (secondary N) is 1. The molecule has 0 aromatic carbocycles. The van der Waals surface area contributed by atoms with Crippen LogP contribution in [0, 0.1) is 17.2 Å². The molecule has 3 aliphatic rings. The number of aromatic nitrogens is 2. The SMILES string of the molecule is C[C@@H]1CN(c2ccc(C#N)n3nccc23)C[C@H](CN2CC3CCCNC3C2)O1. The third-order valence-electron chi connectivity index (χ3n) is 6.45. The van der Waals surface area contributed by atoms with Crippen molar-refractivity contribution >= 4 is 11.2 Å². The summed E-state index contributed by atoms with van der Waals surface area (Å²) < 4.78 is 8.05. The predicted octanol–water partition coefficient (Wildman–Crippen LogP) is 1.48. The zero-order chi connectivity index (χ0) is 19.1. The highest BCUT2D eigenvalue weighted by atomic mass is 16.5. The Balaban J connectivity index is 1.32. The van der Waals surface area contributed by atoms with Crippen LogP contribution in [0.5, 0.6) is 0 Å². The molecule has 0 amide bonds. The van der Waals surface area contributed by atoms with Crippen molar-refractivity contribution in [2.45, 2.75) is 38.0 Å². The molecule has 3 fully saturated rings. The topological polar surface area (TPSA) is 68.8 Å². The Morgan fingerprint density at radius 1 is 1.25 bits per heavy atom. The van der Waals surface area contributed by atoms with Crippen LogP contribution in [0.15, 0.2) is 24.4 Å². The highest BCUT2D eigenvalue weighted by molar-refractivity contribution is 5.74. The highest BCUT2D eigenvalue weighted by Crippen LogP contribution is 2.28. The van der Waals surface area contributed by atoms with Gasteiger partial charge in [0.2, 0.25) is 0 Å². The molecule has 4 atom stereocenters. The molecule has 2 aromatic heterocycles. The van der Waals surface area contributed by atoms with Crippen molar-refractivity contribution in [3.05, 3.63) is 30.1 Å². The van der Waals surface area contributed by atoms with Crippen LogP contribution in [0.1, 0.15) is 25.5 Å². The van der Waals surface area contributed by atoms with Gasteiger partial charge in [-0.05, 0) is 50.4 Å². The van der Waals surface area contributed by atoms with E-state index in [0.717, 1.165) is 43.3 Å². The Morgan fingerprint density at radius 3 is 3.04 bits per heavy atom. The summed E-state index contributed by atoms with van der Waals surface area (Å²) in [7, 11) is 0. The first-order valence-electron chi connectivity index (χ1n) is 10.4. The second-order valence-corrected chi connectivity index (χ2v) is 8.50. The molecule has 3 aliphatic heterocycles. The van der Waals surface area contributed by atoms with E-state index in [-0.39, 0.29) is 12.2 Å². The van der Waals surface area contributed by atoms with Gasteiger partial charge in [-0.2, -0.15) is 10.4 Å². The van der Waals surface area contributed by atoms with E-state index in [0.29, 0.717) is 11.7 Å². The lowest BCUT2D eigenvalue weighted by Gasteiger charge is -2.39. The summed E-state index contributed by atoms with van der Waals surface area (Å²) in [5.74, 6) is 0.802. The van der Waals surface area contributed by atoms with Crippen LogP contribution in [0.2, 0.25) is 0 Å². The monoisotopic (exact) mass is 380 g/mol. The van der Waals surface area contributed by atoms with Crippen LogP contribution in [-0.4, -0.2) is 72.0 Å². The van der Waals surface area contributed by atoms with E-state index < -0.39 is 0 Å². The average molecular weight is 380 g/mol. The van der Waals surface area contributed by atoms with E-state index >= 15 is 0 Å². The number of piperidine rings is 1. The van der Waals surface area contributed by atoms with Gasteiger partial charge in [-0.25, -0.2) is 4.52 Å². The molecule has 0 radical (unpaired) electrons. The zero-order valence-electron chi connectivity index (χ0n) is 16.4. The number of fused-ring (bicyclic) bond motifs is 2. The van der Waals surface area contributed by atoms with Crippen molar-refractivity contribution in [3.63, 3.8) is 0 Å². The molecule has 7 heteroatoms. The number of morpholine rings is 1. The van der Waals surface area contributed by atoms with Crippen molar-refractivity contribution < 1.29 is 4.74 Å². The Labute approximate surface area is 165 Å². The summed E-state index contributed by atoms with van der Waals surface area (Å²) in [5, 5.41) is 17.4. The summed E-state index contributed by atoms with van der Waals surface area (Å²) in [6, 6.07) is 8.79. The minimum atomic E-state index is 0.181. The standard InChI is InChI=1S/C21H28N6O/c1-15-10-26(20-5-4-17(9-22)27-21(20)6-8-24-27)13-18(28-15)12-25-11-16-3-2-7-23-19(16)14-25/h4-6,8,15-16,18-19,23H,2-3,7,10-14H2,1H3/t15-,16?,18+,19?/m1/s1. The van der Waals surface area contributed by atoms with Gasteiger partial charge >= 0.3 is 0 Å². The normalized spacial score (nSPS) is 31.1. The smallest absolute Gasteiger partial charge is 0.142 e. The van der Waals surface area contributed by atoms with Crippen LogP contribution in [0.3, 0.4) is 0 Å². The van der Waals surface area contributed by atoms with Gasteiger partial charge in [0.25, 0.3) is 0 Å². The third kappa shape index (κ3) is 3.26. The fraction of sp³-hybridized carbons (Fsp3) is 0.619. The van der Waals surface area contributed by atoms with Gasteiger partial charge in [0, 0.05) is 38.8 Å². The Bertz CT molecular complexity index is 875. The predicted molar refractivity (Wildman–Crippen MR) is 107 cm³/mol. The van der Waals surface area contributed by atoms with Gasteiger partial charge in [-0.15, -0.1) is 0 Å².